The van der Waals surface area contributed by atoms with Gasteiger partial charge in [0.1, 0.15) is 11.4 Å². The van der Waals surface area contributed by atoms with Crippen LogP contribution in [0.15, 0.2) is 22.3 Å². The molecule has 1 atom stereocenters. The van der Waals surface area contributed by atoms with Gasteiger partial charge in [-0.25, -0.2) is 9.18 Å². The summed E-state index contributed by atoms with van der Waals surface area (Å²) in [6, 6.07) is 2.56. The van der Waals surface area contributed by atoms with Crippen molar-refractivity contribution in [2.45, 2.75) is 6.04 Å². The first-order valence-corrected chi connectivity index (χ1v) is 7.93. The largest absolute Gasteiger partial charge is 0.478 e. The number of nitrogens with two attached hydrogens (primary N) is 1. The second kappa shape index (κ2) is 6.23. The predicted molar refractivity (Wildman–Crippen MR) is 86.0 cm³/mol. The quantitative estimate of drug-likeness (QED) is 0.875. The van der Waals surface area contributed by atoms with Gasteiger partial charge in [0.2, 0.25) is 5.43 Å². The lowest BCUT2D eigenvalue weighted by molar-refractivity contribution is 0.0696. The standard InChI is InChI=1S/C15H15FN2O4S/c16-11-3-9-13(23-7-10(14(9)19)15(20)21)4-12(11)18-1-2-22-6-8(18)5-17/h3-4,7-8H,1-2,5-6,17H2,(H,20,21). The molecule has 8 heteroatoms. The lowest BCUT2D eigenvalue weighted by Gasteiger charge is -2.36. The van der Waals surface area contributed by atoms with Gasteiger partial charge in [0, 0.05) is 28.6 Å². The average molecular weight is 338 g/mol. The first-order valence-electron chi connectivity index (χ1n) is 7.05. The maximum Gasteiger partial charge on any atom is 0.340 e. The molecule has 1 saturated heterocycles. The number of rotatable bonds is 3. The van der Waals surface area contributed by atoms with Gasteiger partial charge in [0.25, 0.3) is 0 Å². The van der Waals surface area contributed by atoms with Crippen LogP contribution in [-0.4, -0.2) is 43.4 Å². The van der Waals surface area contributed by atoms with Gasteiger partial charge in [0.15, 0.2) is 0 Å². The van der Waals surface area contributed by atoms with E-state index in [9.17, 15) is 14.0 Å². The summed E-state index contributed by atoms with van der Waals surface area (Å²) in [7, 11) is 0. The summed E-state index contributed by atoms with van der Waals surface area (Å²) in [5.41, 5.74) is 5.05. The van der Waals surface area contributed by atoms with Gasteiger partial charge in [-0.3, -0.25) is 4.79 Å². The molecule has 23 heavy (non-hydrogen) atoms. The molecular formula is C15H15FN2O4S. The highest BCUT2D eigenvalue weighted by molar-refractivity contribution is 7.16. The Morgan fingerprint density at radius 2 is 2.30 bits per heavy atom. The van der Waals surface area contributed by atoms with Gasteiger partial charge in [-0.1, -0.05) is 0 Å². The zero-order chi connectivity index (χ0) is 16.6. The van der Waals surface area contributed by atoms with E-state index in [1.807, 2.05) is 4.90 Å². The van der Waals surface area contributed by atoms with E-state index in [2.05, 4.69) is 0 Å². The highest BCUT2D eigenvalue weighted by atomic mass is 32.1. The maximum absolute atomic E-state index is 14.5. The highest BCUT2D eigenvalue weighted by Crippen LogP contribution is 2.29. The van der Waals surface area contributed by atoms with Crippen LogP contribution in [0.5, 0.6) is 0 Å². The van der Waals surface area contributed by atoms with Crippen LogP contribution < -0.4 is 16.1 Å². The molecule has 6 nitrogen and oxygen atoms in total. The summed E-state index contributed by atoms with van der Waals surface area (Å²) in [5, 5.41) is 10.4. The van der Waals surface area contributed by atoms with E-state index in [1.165, 1.54) is 5.38 Å². The van der Waals surface area contributed by atoms with Crippen molar-refractivity contribution >= 4 is 33.1 Å². The van der Waals surface area contributed by atoms with E-state index in [0.29, 0.717) is 36.7 Å². The Labute approximate surface area is 134 Å². The molecule has 0 radical (unpaired) electrons. The molecule has 0 spiro atoms. The minimum Gasteiger partial charge on any atom is -0.478 e. The number of nitrogens with zero attached hydrogens (tertiary/aromatic N) is 1. The van der Waals surface area contributed by atoms with Gasteiger partial charge in [-0.05, 0) is 12.1 Å². The van der Waals surface area contributed by atoms with Gasteiger partial charge >= 0.3 is 5.97 Å². The summed E-state index contributed by atoms with van der Waals surface area (Å²) in [5.74, 6) is -1.88. The molecule has 1 fully saturated rings. The average Bonchev–Trinajstić information content (AvgIpc) is 2.55. The van der Waals surface area contributed by atoms with Crippen LogP contribution in [0.4, 0.5) is 10.1 Å². The van der Waals surface area contributed by atoms with E-state index < -0.39 is 17.2 Å². The van der Waals surface area contributed by atoms with Gasteiger partial charge in [-0.2, -0.15) is 0 Å². The summed E-state index contributed by atoms with van der Waals surface area (Å²) >= 11 is 1.11. The first kappa shape index (κ1) is 15.9. The molecule has 1 aromatic carbocycles. The minimum absolute atomic E-state index is 0.0775. The van der Waals surface area contributed by atoms with E-state index in [-0.39, 0.29) is 17.0 Å². The molecule has 0 saturated carbocycles. The Kier molecular flexibility index (Phi) is 4.29. The lowest BCUT2D eigenvalue weighted by atomic mass is 10.1. The monoisotopic (exact) mass is 338 g/mol. The number of carboxylic acids is 1. The number of halogens is 1. The summed E-state index contributed by atoms with van der Waals surface area (Å²) in [4.78, 5) is 25.0. The zero-order valence-corrected chi connectivity index (χ0v) is 12.9. The number of hydrogen-bond donors (Lipinski definition) is 2. The second-order valence-corrected chi connectivity index (χ2v) is 6.15. The van der Waals surface area contributed by atoms with E-state index in [0.717, 1.165) is 17.4 Å². The van der Waals surface area contributed by atoms with Crippen LogP contribution in [0.25, 0.3) is 10.1 Å². The van der Waals surface area contributed by atoms with Crippen LogP contribution in [0.3, 0.4) is 0 Å². The second-order valence-electron chi connectivity index (χ2n) is 5.24. The Bertz CT molecular complexity index is 823. The van der Waals surface area contributed by atoms with Crippen LogP contribution in [0.2, 0.25) is 0 Å². The predicted octanol–water partition coefficient (Wildman–Crippen LogP) is 1.26. The Morgan fingerprint density at radius 3 is 3.00 bits per heavy atom. The SMILES string of the molecule is NCC1COCCN1c1cc2scc(C(=O)O)c(=O)c2cc1F. The van der Waals surface area contributed by atoms with E-state index >= 15 is 0 Å². The molecule has 2 heterocycles. The molecule has 1 aromatic heterocycles. The van der Waals surface area contributed by atoms with Crippen LogP contribution in [-0.2, 0) is 4.74 Å². The Morgan fingerprint density at radius 1 is 1.52 bits per heavy atom. The van der Waals surface area contributed by atoms with Crippen molar-refractivity contribution in [1.29, 1.82) is 0 Å². The molecule has 0 aliphatic carbocycles. The fraction of sp³-hybridized carbons (Fsp3) is 0.333. The number of fused-ring (bicyclic) bond motifs is 1. The molecule has 3 rings (SSSR count). The fourth-order valence-corrected chi connectivity index (χ4v) is 3.58. The zero-order valence-electron chi connectivity index (χ0n) is 12.1. The minimum atomic E-state index is -1.31. The summed E-state index contributed by atoms with van der Waals surface area (Å²) < 4.78 is 20.4. The molecule has 1 unspecified atom stereocenters. The number of aromatic carboxylic acids is 1. The molecule has 2 aromatic rings. The summed E-state index contributed by atoms with van der Waals surface area (Å²) in [6.45, 7) is 1.72. The normalized spacial score (nSPS) is 18.3. The number of hydrogen-bond acceptors (Lipinski definition) is 6. The molecule has 122 valence electrons. The number of anilines is 1. The topological polar surface area (TPSA) is 92.9 Å². The van der Waals surface area contributed by atoms with Crippen molar-refractivity contribution in [3.63, 3.8) is 0 Å². The lowest BCUT2D eigenvalue weighted by Crippen LogP contribution is -2.49. The molecular weight excluding hydrogens is 323 g/mol. The molecule has 3 N–H and O–H groups in total. The van der Waals surface area contributed by atoms with Crippen molar-refractivity contribution in [3.8, 4) is 0 Å². The molecule has 0 amide bonds. The van der Waals surface area contributed by atoms with Crippen molar-refractivity contribution in [2.24, 2.45) is 5.73 Å². The highest BCUT2D eigenvalue weighted by Gasteiger charge is 2.25. The summed E-state index contributed by atoms with van der Waals surface area (Å²) in [6.07, 6.45) is 0. The first-order chi connectivity index (χ1) is 11.0. The number of carboxylic acid groups (broad SMARTS) is 1. The Balaban J connectivity index is 2.13. The molecule has 0 bridgehead atoms. The number of carbonyl (C=O) groups is 1. The van der Waals surface area contributed by atoms with Crippen molar-refractivity contribution in [3.05, 3.63) is 39.1 Å². The van der Waals surface area contributed by atoms with Crippen LogP contribution in [0.1, 0.15) is 10.4 Å². The van der Waals surface area contributed by atoms with Crippen molar-refractivity contribution < 1.29 is 19.0 Å². The smallest absolute Gasteiger partial charge is 0.340 e. The van der Waals surface area contributed by atoms with Crippen LogP contribution >= 0.6 is 11.3 Å². The van der Waals surface area contributed by atoms with E-state index in [4.69, 9.17) is 15.6 Å². The third-order valence-electron chi connectivity index (χ3n) is 3.88. The number of benzene rings is 1. The number of morpholine rings is 1. The number of ether oxygens (including phenoxy) is 1. The third-order valence-corrected chi connectivity index (χ3v) is 4.83. The molecule has 1 aliphatic rings. The van der Waals surface area contributed by atoms with Crippen molar-refractivity contribution in [2.75, 3.05) is 31.2 Å². The van der Waals surface area contributed by atoms with Crippen molar-refractivity contribution in [1.82, 2.24) is 0 Å². The molecule has 1 aliphatic heterocycles. The fourth-order valence-electron chi connectivity index (χ4n) is 2.67. The Hall–Kier alpha value is -2.03. The third kappa shape index (κ3) is 2.80. The van der Waals surface area contributed by atoms with E-state index in [1.54, 1.807) is 6.07 Å². The van der Waals surface area contributed by atoms with Gasteiger partial charge in [-0.15, -0.1) is 11.3 Å². The van der Waals surface area contributed by atoms with Crippen LogP contribution in [0, 0.1) is 5.82 Å². The van der Waals surface area contributed by atoms with Gasteiger partial charge < -0.3 is 20.5 Å². The van der Waals surface area contributed by atoms with Gasteiger partial charge in [0.05, 0.1) is 24.9 Å². The maximum atomic E-state index is 14.5.